The second-order valence-electron chi connectivity index (χ2n) is 6.10. The van der Waals surface area contributed by atoms with Crippen molar-refractivity contribution in [3.8, 4) is 0 Å². The number of aliphatic carboxylic acids is 1. The lowest BCUT2D eigenvalue weighted by Crippen LogP contribution is -2.51. The summed E-state index contributed by atoms with van der Waals surface area (Å²) in [5.74, 6) is -2.04. The SMILES string of the molecule is O=C(O)[C@@H]1CSCN1C(=O)[C@@H]1C[C@H](O)CN1S(=O)(=O)c1ccc(F)cc1. The lowest BCUT2D eigenvalue weighted by Gasteiger charge is -2.28. The number of halogens is 1. The molecule has 2 heterocycles. The summed E-state index contributed by atoms with van der Waals surface area (Å²) < 4.78 is 39.6. The minimum atomic E-state index is -4.14. The average Bonchev–Trinajstić information content (AvgIpc) is 3.21. The van der Waals surface area contributed by atoms with Gasteiger partial charge >= 0.3 is 5.97 Å². The molecule has 1 amide bonds. The van der Waals surface area contributed by atoms with Gasteiger partial charge in [-0.2, -0.15) is 4.31 Å². The summed E-state index contributed by atoms with van der Waals surface area (Å²) in [5, 5.41) is 19.2. The molecule has 3 atom stereocenters. The minimum absolute atomic E-state index is 0.118. The molecule has 2 N–H and O–H groups in total. The minimum Gasteiger partial charge on any atom is -0.480 e. The summed E-state index contributed by atoms with van der Waals surface area (Å²) >= 11 is 1.27. The van der Waals surface area contributed by atoms with E-state index in [0.29, 0.717) is 0 Å². The molecule has 0 aliphatic carbocycles. The van der Waals surface area contributed by atoms with Gasteiger partial charge in [0.25, 0.3) is 0 Å². The first-order valence-electron chi connectivity index (χ1n) is 7.78. The summed E-state index contributed by atoms with van der Waals surface area (Å²) in [4.78, 5) is 25.1. The van der Waals surface area contributed by atoms with Gasteiger partial charge in [-0.3, -0.25) is 4.79 Å². The fourth-order valence-corrected chi connectivity index (χ4v) is 5.86. The van der Waals surface area contributed by atoms with E-state index in [2.05, 4.69) is 0 Å². The molecule has 0 spiro atoms. The summed E-state index contributed by atoms with van der Waals surface area (Å²) in [5.41, 5.74) is 0. The number of thioether (sulfide) groups is 1. The number of hydrogen-bond donors (Lipinski definition) is 2. The molecule has 0 bridgehead atoms. The highest BCUT2D eigenvalue weighted by Crippen LogP contribution is 2.30. The van der Waals surface area contributed by atoms with Gasteiger partial charge in [-0.15, -0.1) is 11.8 Å². The number of carboxylic acids is 1. The number of β-amino-alcohol motifs (C(OH)–C–C–N with tert-alkyl or cyclic N) is 1. The van der Waals surface area contributed by atoms with E-state index in [4.69, 9.17) is 0 Å². The maximum absolute atomic E-state index is 13.1. The van der Waals surface area contributed by atoms with Crippen molar-refractivity contribution < 1.29 is 32.6 Å². The summed E-state index contributed by atoms with van der Waals surface area (Å²) in [7, 11) is -4.14. The average molecular weight is 404 g/mol. The first-order valence-corrected chi connectivity index (χ1v) is 10.4. The largest absolute Gasteiger partial charge is 0.480 e. The van der Waals surface area contributed by atoms with Crippen LogP contribution in [-0.4, -0.2) is 76.1 Å². The maximum Gasteiger partial charge on any atom is 0.327 e. The Balaban J connectivity index is 1.90. The van der Waals surface area contributed by atoms with Crippen LogP contribution in [0.3, 0.4) is 0 Å². The van der Waals surface area contributed by atoms with Crippen LogP contribution in [0, 0.1) is 5.82 Å². The van der Waals surface area contributed by atoms with E-state index in [1.165, 1.54) is 11.8 Å². The van der Waals surface area contributed by atoms with E-state index in [0.717, 1.165) is 33.5 Å². The highest BCUT2D eigenvalue weighted by molar-refractivity contribution is 7.99. The number of nitrogens with zero attached hydrogens (tertiary/aromatic N) is 2. The molecule has 3 rings (SSSR count). The number of sulfonamides is 1. The Bertz CT molecular complexity index is 816. The molecule has 8 nitrogen and oxygen atoms in total. The number of carboxylic acid groups (broad SMARTS) is 1. The number of benzene rings is 1. The highest BCUT2D eigenvalue weighted by atomic mass is 32.2. The van der Waals surface area contributed by atoms with Crippen LogP contribution >= 0.6 is 11.8 Å². The Morgan fingerprint density at radius 3 is 2.46 bits per heavy atom. The number of amides is 1. The molecular formula is C15H17FN2O6S2. The summed E-state index contributed by atoms with van der Waals surface area (Å²) in [6.45, 7) is -0.283. The van der Waals surface area contributed by atoms with Gasteiger partial charge in [0.2, 0.25) is 15.9 Å². The van der Waals surface area contributed by atoms with Crippen LogP contribution in [0.4, 0.5) is 4.39 Å². The Hall–Kier alpha value is -1.69. The number of aliphatic hydroxyl groups excluding tert-OH is 1. The van der Waals surface area contributed by atoms with Crippen LogP contribution in [0.25, 0.3) is 0 Å². The van der Waals surface area contributed by atoms with Gasteiger partial charge in [-0.05, 0) is 24.3 Å². The first kappa shape index (κ1) is 19.1. The highest BCUT2D eigenvalue weighted by Gasteiger charge is 2.47. The van der Waals surface area contributed by atoms with Gasteiger partial charge in [0.15, 0.2) is 0 Å². The molecule has 26 heavy (non-hydrogen) atoms. The molecule has 142 valence electrons. The standard InChI is InChI=1S/C15H17FN2O6S2/c16-9-1-3-11(4-2-9)26(23,24)18-6-10(19)5-12(18)14(20)17-8-25-7-13(17)15(21)22/h1-4,10,12-13,19H,5-8H2,(H,21,22)/t10-,12-,13-/m0/s1. The van der Waals surface area contributed by atoms with Crippen molar-refractivity contribution >= 4 is 33.7 Å². The van der Waals surface area contributed by atoms with Crippen molar-refractivity contribution in [2.45, 2.75) is 29.5 Å². The van der Waals surface area contributed by atoms with Crippen LogP contribution in [0.1, 0.15) is 6.42 Å². The molecule has 2 saturated heterocycles. The smallest absolute Gasteiger partial charge is 0.327 e. The molecule has 2 aliphatic heterocycles. The molecule has 0 unspecified atom stereocenters. The van der Waals surface area contributed by atoms with E-state index in [9.17, 15) is 32.6 Å². The van der Waals surface area contributed by atoms with E-state index >= 15 is 0 Å². The third kappa shape index (κ3) is 3.43. The Morgan fingerprint density at radius 2 is 1.85 bits per heavy atom. The first-order chi connectivity index (χ1) is 12.2. The van der Waals surface area contributed by atoms with E-state index in [1.54, 1.807) is 0 Å². The van der Waals surface area contributed by atoms with Crippen molar-refractivity contribution in [2.24, 2.45) is 0 Å². The topological polar surface area (TPSA) is 115 Å². The number of hydrogen-bond acceptors (Lipinski definition) is 6. The lowest BCUT2D eigenvalue weighted by molar-refractivity contribution is -0.149. The predicted octanol–water partition coefficient (Wildman–Crippen LogP) is -0.0643. The van der Waals surface area contributed by atoms with Gasteiger partial charge in [0.05, 0.1) is 16.9 Å². The molecule has 1 aromatic rings. The van der Waals surface area contributed by atoms with E-state index in [-0.39, 0.29) is 29.5 Å². The molecule has 0 aromatic heterocycles. The van der Waals surface area contributed by atoms with Gasteiger partial charge in [-0.25, -0.2) is 17.6 Å². The zero-order chi connectivity index (χ0) is 19.1. The van der Waals surface area contributed by atoms with Crippen LogP contribution in [0.2, 0.25) is 0 Å². The number of carbonyl (C=O) groups is 2. The van der Waals surface area contributed by atoms with Crippen molar-refractivity contribution in [2.75, 3.05) is 18.2 Å². The molecule has 2 fully saturated rings. The Morgan fingerprint density at radius 1 is 1.19 bits per heavy atom. The van der Waals surface area contributed by atoms with E-state index < -0.39 is 45.9 Å². The molecule has 1 aromatic carbocycles. The summed E-state index contributed by atoms with van der Waals surface area (Å²) in [6.07, 6.45) is -1.16. The fourth-order valence-electron chi connectivity index (χ4n) is 3.07. The maximum atomic E-state index is 13.1. The normalized spacial score (nSPS) is 27.0. The molecule has 0 radical (unpaired) electrons. The molecule has 11 heteroatoms. The quantitative estimate of drug-likeness (QED) is 0.722. The van der Waals surface area contributed by atoms with Crippen molar-refractivity contribution in [3.05, 3.63) is 30.1 Å². The third-order valence-corrected chi connectivity index (χ3v) is 7.29. The number of carbonyl (C=O) groups excluding carboxylic acids is 1. The fraction of sp³-hybridized carbons (Fsp3) is 0.467. The lowest BCUT2D eigenvalue weighted by atomic mass is 10.1. The number of aliphatic hydroxyl groups is 1. The van der Waals surface area contributed by atoms with Gasteiger partial charge in [0.1, 0.15) is 17.9 Å². The van der Waals surface area contributed by atoms with Crippen molar-refractivity contribution in [1.29, 1.82) is 0 Å². The molecular weight excluding hydrogens is 387 g/mol. The van der Waals surface area contributed by atoms with Crippen LogP contribution < -0.4 is 0 Å². The molecule has 2 aliphatic rings. The van der Waals surface area contributed by atoms with Gasteiger partial charge in [-0.1, -0.05) is 0 Å². The van der Waals surface area contributed by atoms with Gasteiger partial charge < -0.3 is 15.1 Å². The van der Waals surface area contributed by atoms with Crippen LogP contribution in [-0.2, 0) is 19.6 Å². The van der Waals surface area contributed by atoms with Crippen LogP contribution in [0.15, 0.2) is 29.2 Å². The zero-order valence-corrected chi connectivity index (χ0v) is 15.1. The van der Waals surface area contributed by atoms with Crippen LogP contribution in [0.5, 0.6) is 0 Å². The second kappa shape index (κ2) is 7.14. The Labute approximate surface area is 153 Å². The van der Waals surface area contributed by atoms with E-state index in [1.807, 2.05) is 0 Å². The van der Waals surface area contributed by atoms with Gasteiger partial charge in [0, 0.05) is 18.7 Å². The summed E-state index contributed by atoms with van der Waals surface area (Å²) in [6, 6.07) is 1.94. The van der Waals surface area contributed by atoms with Crippen molar-refractivity contribution in [1.82, 2.24) is 9.21 Å². The zero-order valence-electron chi connectivity index (χ0n) is 13.5. The monoisotopic (exact) mass is 404 g/mol. The third-order valence-electron chi connectivity index (χ3n) is 4.39. The number of rotatable bonds is 4. The second-order valence-corrected chi connectivity index (χ2v) is 8.99. The Kier molecular flexibility index (Phi) is 5.24. The molecule has 0 saturated carbocycles. The van der Waals surface area contributed by atoms with Crippen molar-refractivity contribution in [3.63, 3.8) is 0 Å². The predicted molar refractivity (Wildman–Crippen MR) is 90.3 cm³/mol.